The lowest BCUT2D eigenvalue weighted by Crippen LogP contribution is -2.42. The minimum Gasteiger partial charge on any atom is -0.487 e. The second kappa shape index (κ2) is 6.87. The predicted octanol–water partition coefficient (Wildman–Crippen LogP) is 4.87. The van der Waals surface area contributed by atoms with E-state index in [1.807, 2.05) is 6.07 Å². The quantitative estimate of drug-likeness (QED) is 0.851. The second-order valence-corrected chi connectivity index (χ2v) is 7.77. The first-order chi connectivity index (χ1) is 11.7. The molecule has 2 aliphatic carbocycles. The molecule has 0 spiro atoms. The van der Waals surface area contributed by atoms with Gasteiger partial charge in [-0.05, 0) is 99.7 Å². The lowest BCUT2D eigenvalue weighted by atomic mass is 9.81. The third-order valence-electron chi connectivity index (χ3n) is 6.04. The molecule has 2 fully saturated rings. The van der Waals surface area contributed by atoms with Crippen LogP contribution < -0.4 is 10.1 Å². The van der Waals surface area contributed by atoms with Gasteiger partial charge in [0.25, 0.3) is 0 Å². The Morgan fingerprint density at radius 3 is 2.62 bits per heavy atom. The Hall–Kier alpha value is -1.35. The van der Waals surface area contributed by atoms with Crippen LogP contribution in [0.5, 0.6) is 5.75 Å². The minimum absolute atomic E-state index is 0.190. The number of halogens is 1. The van der Waals surface area contributed by atoms with Gasteiger partial charge in [0.15, 0.2) is 11.6 Å². The summed E-state index contributed by atoms with van der Waals surface area (Å²) in [6.45, 7) is 4.43. The van der Waals surface area contributed by atoms with Crippen LogP contribution in [0.4, 0.5) is 4.39 Å². The van der Waals surface area contributed by atoms with Gasteiger partial charge in [-0.2, -0.15) is 0 Å². The molecule has 1 N–H and O–H groups in total. The molecule has 0 amide bonds. The van der Waals surface area contributed by atoms with Crippen molar-refractivity contribution in [1.82, 2.24) is 5.32 Å². The molecule has 1 heterocycles. The lowest BCUT2D eigenvalue weighted by molar-refractivity contribution is 0.148. The standard InChI is InChI=1S/C21H28FNO/c1-14-16(9-15-12-23-13-15)7-8-17-10-21(20(22)11-19(14)17)24-18-5-3-2-4-6-18/h10-11,15,18,23H,2-9,12-13H2,1H3. The topological polar surface area (TPSA) is 21.3 Å². The zero-order chi connectivity index (χ0) is 16.5. The van der Waals surface area contributed by atoms with Crippen molar-refractivity contribution in [3.05, 3.63) is 34.6 Å². The van der Waals surface area contributed by atoms with Crippen LogP contribution in [0.1, 0.15) is 63.0 Å². The molecule has 2 nitrogen and oxygen atoms in total. The fraction of sp³-hybridized carbons (Fsp3) is 0.619. The third-order valence-corrected chi connectivity index (χ3v) is 6.04. The number of hydrogen-bond acceptors (Lipinski definition) is 2. The van der Waals surface area contributed by atoms with E-state index in [1.54, 1.807) is 6.07 Å². The maximum absolute atomic E-state index is 14.6. The van der Waals surface area contributed by atoms with Crippen molar-refractivity contribution in [2.75, 3.05) is 13.1 Å². The summed E-state index contributed by atoms with van der Waals surface area (Å²) in [5.41, 5.74) is 5.19. The summed E-state index contributed by atoms with van der Waals surface area (Å²) in [4.78, 5) is 0. The highest BCUT2D eigenvalue weighted by Crippen LogP contribution is 2.38. The summed E-state index contributed by atoms with van der Waals surface area (Å²) in [5, 5.41) is 3.34. The van der Waals surface area contributed by atoms with Gasteiger partial charge >= 0.3 is 0 Å². The molecule has 3 heteroatoms. The minimum atomic E-state index is -0.190. The van der Waals surface area contributed by atoms with E-state index >= 15 is 0 Å². The predicted molar refractivity (Wildman–Crippen MR) is 95.8 cm³/mol. The molecule has 1 aliphatic heterocycles. The van der Waals surface area contributed by atoms with Crippen LogP contribution >= 0.6 is 0 Å². The summed E-state index contributed by atoms with van der Waals surface area (Å²) in [5.74, 6) is 1.06. The van der Waals surface area contributed by atoms with Gasteiger partial charge in [-0.15, -0.1) is 0 Å². The highest BCUT2D eigenvalue weighted by Gasteiger charge is 2.24. The number of allylic oxidation sites excluding steroid dienone is 2. The van der Waals surface area contributed by atoms with Crippen molar-refractivity contribution in [1.29, 1.82) is 0 Å². The molecule has 24 heavy (non-hydrogen) atoms. The Labute approximate surface area is 144 Å². The highest BCUT2D eigenvalue weighted by atomic mass is 19.1. The van der Waals surface area contributed by atoms with Gasteiger partial charge in [-0.1, -0.05) is 12.0 Å². The van der Waals surface area contributed by atoms with Crippen molar-refractivity contribution in [2.24, 2.45) is 5.92 Å². The largest absolute Gasteiger partial charge is 0.487 e. The molecule has 0 radical (unpaired) electrons. The second-order valence-electron chi connectivity index (χ2n) is 7.77. The molecule has 0 bridgehead atoms. The van der Waals surface area contributed by atoms with E-state index in [0.29, 0.717) is 5.75 Å². The first-order valence-electron chi connectivity index (χ1n) is 9.59. The summed E-state index contributed by atoms with van der Waals surface area (Å²) in [7, 11) is 0. The molecule has 3 aliphatic rings. The van der Waals surface area contributed by atoms with Crippen LogP contribution in [-0.2, 0) is 6.42 Å². The zero-order valence-corrected chi connectivity index (χ0v) is 14.7. The lowest BCUT2D eigenvalue weighted by Gasteiger charge is -2.31. The van der Waals surface area contributed by atoms with Crippen molar-refractivity contribution in [2.45, 2.75) is 64.4 Å². The Balaban J connectivity index is 1.55. The monoisotopic (exact) mass is 329 g/mol. The van der Waals surface area contributed by atoms with Gasteiger partial charge in [-0.25, -0.2) is 4.39 Å². The maximum atomic E-state index is 14.6. The van der Waals surface area contributed by atoms with E-state index in [9.17, 15) is 4.39 Å². The van der Waals surface area contributed by atoms with Crippen LogP contribution in [0.15, 0.2) is 17.7 Å². The van der Waals surface area contributed by atoms with Crippen molar-refractivity contribution < 1.29 is 9.13 Å². The van der Waals surface area contributed by atoms with Crippen LogP contribution in [0, 0.1) is 11.7 Å². The molecule has 1 aromatic rings. The summed E-state index contributed by atoms with van der Waals surface area (Å²) < 4.78 is 20.6. The first-order valence-corrected chi connectivity index (χ1v) is 9.59. The molecular weight excluding hydrogens is 301 g/mol. The van der Waals surface area contributed by atoms with Gasteiger partial charge < -0.3 is 10.1 Å². The number of nitrogens with one attached hydrogen (secondary N) is 1. The smallest absolute Gasteiger partial charge is 0.165 e. The van der Waals surface area contributed by atoms with Gasteiger partial charge in [0.2, 0.25) is 0 Å². The molecule has 0 unspecified atom stereocenters. The Morgan fingerprint density at radius 1 is 1.12 bits per heavy atom. The molecule has 0 atom stereocenters. The molecule has 130 valence electrons. The van der Waals surface area contributed by atoms with Gasteiger partial charge in [0.1, 0.15) is 0 Å². The van der Waals surface area contributed by atoms with Crippen molar-refractivity contribution in [3.8, 4) is 5.75 Å². The number of hydrogen-bond donors (Lipinski definition) is 1. The Kier molecular flexibility index (Phi) is 4.62. The van der Waals surface area contributed by atoms with E-state index in [1.165, 1.54) is 42.4 Å². The first kappa shape index (κ1) is 16.1. The highest BCUT2D eigenvalue weighted by molar-refractivity contribution is 5.72. The molecule has 0 aromatic heterocycles. The van der Waals surface area contributed by atoms with E-state index < -0.39 is 0 Å². The van der Waals surface area contributed by atoms with Crippen LogP contribution in [0.2, 0.25) is 0 Å². The fourth-order valence-corrected chi connectivity index (χ4v) is 4.36. The molecular formula is C21H28FNO. The Bertz CT molecular complexity index is 641. The van der Waals surface area contributed by atoms with E-state index in [2.05, 4.69) is 12.2 Å². The number of aryl methyl sites for hydroxylation is 1. The zero-order valence-electron chi connectivity index (χ0n) is 14.7. The van der Waals surface area contributed by atoms with Crippen LogP contribution in [0.25, 0.3) is 5.57 Å². The summed E-state index contributed by atoms with van der Waals surface area (Å²) >= 11 is 0. The number of rotatable bonds is 4. The number of benzene rings is 1. The van der Waals surface area contributed by atoms with Crippen molar-refractivity contribution >= 4 is 5.57 Å². The maximum Gasteiger partial charge on any atom is 0.165 e. The average molecular weight is 329 g/mol. The molecule has 1 saturated carbocycles. The Morgan fingerprint density at radius 2 is 1.92 bits per heavy atom. The summed E-state index contributed by atoms with van der Waals surface area (Å²) in [6, 6.07) is 3.70. The SMILES string of the molecule is CC1=C(CC2CNC2)CCc2cc(OC3CCCCC3)c(F)cc21. The van der Waals surface area contributed by atoms with E-state index in [0.717, 1.165) is 50.3 Å². The van der Waals surface area contributed by atoms with Crippen LogP contribution in [-0.4, -0.2) is 19.2 Å². The number of ether oxygens (including phenoxy) is 1. The van der Waals surface area contributed by atoms with E-state index in [-0.39, 0.29) is 11.9 Å². The van der Waals surface area contributed by atoms with Gasteiger partial charge in [-0.3, -0.25) is 0 Å². The number of fused-ring (bicyclic) bond motifs is 1. The van der Waals surface area contributed by atoms with Crippen molar-refractivity contribution in [3.63, 3.8) is 0 Å². The average Bonchev–Trinajstić information content (AvgIpc) is 2.55. The third kappa shape index (κ3) is 3.23. The van der Waals surface area contributed by atoms with Gasteiger partial charge in [0.05, 0.1) is 6.10 Å². The molecule has 1 aromatic carbocycles. The van der Waals surface area contributed by atoms with Crippen LogP contribution in [0.3, 0.4) is 0 Å². The fourth-order valence-electron chi connectivity index (χ4n) is 4.36. The molecule has 1 saturated heterocycles. The van der Waals surface area contributed by atoms with E-state index in [4.69, 9.17) is 4.74 Å². The van der Waals surface area contributed by atoms with Gasteiger partial charge in [0, 0.05) is 0 Å². The summed E-state index contributed by atoms with van der Waals surface area (Å²) in [6.07, 6.45) is 9.33. The molecule has 4 rings (SSSR count). The normalized spacial score (nSPS) is 22.2.